The topological polar surface area (TPSA) is 127 Å². The molecular formula is C21H18ClF2N5O4S. The van der Waals surface area contributed by atoms with Crippen LogP contribution in [0.15, 0.2) is 64.5 Å². The summed E-state index contributed by atoms with van der Waals surface area (Å²) in [5.74, 6) is -3.23. The van der Waals surface area contributed by atoms with Gasteiger partial charge in [0.25, 0.3) is 10.0 Å². The van der Waals surface area contributed by atoms with Crippen molar-refractivity contribution in [1.29, 1.82) is 0 Å². The number of hydrogen-bond acceptors (Lipinski definition) is 7. The molecule has 0 aliphatic carbocycles. The van der Waals surface area contributed by atoms with Crippen molar-refractivity contribution in [2.75, 3.05) is 11.8 Å². The minimum absolute atomic E-state index is 0.00257. The number of carbonyl (C=O) groups excluding carboxylic acids is 1. The number of hydrogen-bond donors (Lipinski definition) is 2. The summed E-state index contributed by atoms with van der Waals surface area (Å²) in [6, 6.07) is 2.86. The predicted octanol–water partition coefficient (Wildman–Crippen LogP) is 3.41. The first-order valence-electron chi connectivity index (χ1n) is 9.38. The van der Waals surface area contributed by atoms with E-state index in [1.807, 2.05) is 4.72 Å². The molecule has 1 amide bonds. The number of nitrogens with one attached hydrogen (secondary N) is 1. The smallest absolute Gasteiger partial charge is 0.267 e. The van der Waals surface area contributed by atoms with Crippen molar-refractivity contribution < 1.29 is 26.7 Å². The first kappa shape index (κ1) is 24.9. The number of nitrogens with two attached hydrogens (primary N) is 1. The van der Waals surface area contributed by atoms with Crippen LogP contribution in [-0.4, -0.2) is 37.5 Å². The van der Waals surface area contributed by atoms with E-state index < -0.39 is 43.7 Å². The molecule has 13 heteroatoms. The SMILES string of the molecule is C=CN1C=C(c2c(F)ccc(NS(=O)(=O)c3cc(Cl)cnc3OC)c2F)N=C/C1=C(/C)C(N)=O. The van der Waals surface area contributed by atoms with Crippen molar-refractivity contribution >= 4 is 45.1 Å². The second-order valence-corrected chi connectivity index (χ2v) is 8.87. The van der Waals surface area contributed by atoms with Gasteiger partial charge in [0.2, 0.25) is 11.8 Å². The van der Waals surface area contributed by atoms with Crippen LogP contribution >= 0.6 is 11.6 Å². The molecule has 9 nitrogen and oxygen atoms in total. The Hall–Kier alpha value is -3.77. The van der Waals surface area contributed by atoms with Crippen molar-refractivity contribution in [2.45, 2.75) is 11.8 Å². The van der Waals surface area contributed by atoms with Gasteiger partial charge in [-0.25, -0.2) is 22.2 Å². The molecular weight excluding hydrogens is 492 g/mol. The highest BCUT2D eigenvalue weighted by Crippen LogP contribution is 2.33. The Bertz CT molecular complexity index is 1390. The number of methoxy groups -OCH3 is 1. The lowest BCUT2D eigenvalue weighted by molar-refractivity contribution is -0.114. The molecule has 0 bridgehead atoms. The summed E-state index contributed by atoms with van der Waals surface area (Å²) in [5.41, 5.74) is 4.31. The Morgan fingerprint density at radius 3 is 2.68 bits per heavy atom. The Morgan fingerprint density at radius 2 is 2.06 bits per heavy atom. The van der Waals surface area contributed by atoms with Crippen LogP contribution in [0.3, 0.4) is 0 Å². The number of rotatable bonds is 7. The summed E-state index contributed by atoms with van der Waals surface area (Å²) < 4.78 is 62.7. The third kappa shape index (κ3) is 4.77. The van der Waals surface area contributed by atoms with Crippen LogP contribution < -0.4 is 15.2 Å². The number of primary amides is 1. The number of ether oxygens (including phenoxy) is 1. The second kappa shape index (κ2) is 9.61. The number of aliphatic imine (C=N–C) groups is 1. The minimum Gasteiger partial charge on any atom is -0.480 e. The fourth-order valence-corrected chi connectivity index (χ4v) is 4.38. The molecule has 0 unspecified atom stereocenters. The average molecular weight is 510 g/mol. The Morgan fingerprint density at radius 1 is 1.35 bits per heavy atom. The van der Waals surface area contributed by atoms with E-state index in [0.29, 0.717) is 0 Å². The maximum Gasteiger partial charge on any atom is 0.267 e. The molecule has 178 valence electrons. The van der Waals surface area contributed by atoms with Crippen molar-refractivity contribution in [3.8, 4) is 5.88 Å². The Balaban J connectivity index is 2.07. The van der Waals surface area contributed by atoms with Gasteiger partial charge in [-0.15, -0.1) is 0 Å². The fourth-order valence-electron chi connectivity index (χ4n) is 2.95. The first-order valence-corrected chi connectivity index (χ1v) is 11.2. The maximum absolute atomic E-state index is 15.4. The van der Waals surface area contributed by atoms with Crippen LogP contribution in [0.25, 0.3) is 5.70 Å². The quantitative estimate of drug-likeness (QED) is 0.551. The molecule has 1 aliphatic heterocycles. The van der Waals surface area contributed by atoms with Crippen LogP contribution in [0, 0.1) is 11.6 Å². The minimum atomic E-state index is -4.43. The molecule has 0 saturated carbocycles. The van der Waals surface area contributed by atoms with Gasteiger partial charge in [0.1, 0.15) is 5.82 Å². The molecule has 0 fully saturated rings. The van der Waals surface area contributed by atoms with Crippen LogP contribution in [0.4, 0.5) is 14.5 Å². The molecule has 0 radical (unpaired) electrons. The highest BCUT2D eigenvalue weighted by atomic mass is 35.5. The van der Waals surface area contributed by atoms with Crippen molar-refractivity contribution in [1.82, 2.24) is 9.88 Å². The third-order valence-electron chi connectivity index (χ3n) is 4.68. The van der Waals surface area contributed by atoms with Crippen LogP contribution in [0.2, 0.25) is 5.02 Å². The van der Waals surface area contributed by atoms with Crippen molar-refractivity contribution in [3.63, 3.8) is 0 Å². The molecule has 0 atom stereocenters. The molecule has 34 heavy (non-hydrogen) atoms. The van der Waals surface area contributed by atoms with Gasteiger partial charge < -0.3 is 15.4 Å². The Kier molecular flexibility index (Phi) is 7.03. The number of sulfonamides is 1. The number of anilines is 1. The van der Waals surface area contributed by atoms with E-state index >= 15 is 4.39 Å². The summed E-state index contributed by atoms with van der Waals surface area (Å²) in [5, 5.41) is 0.00257. The van der Waals surface area contributed by atoms with Crippen LogP contribution in [0.1, 0.15) is 12.5 Å². The van der Waals surface area contributed by atoms with Crippen molar-refractivity contribution in [3.05, 3.63) is 76.9 Å². The normalized spacial score (nSPS) is 15.0. The summed E-state index contributed by atoms with van der Waals surface area (Å²) in [7, 11) is -3.23. The molecule has 2 heterocycles. The standard InChI is InChI=1S/C21H18ClF2N5O4S/c1-4-29-10-15(26-9-16(29)11(2)20(25)30)18-13(23)5-6-14(19(18)24)28-34(31,32)17-7-12(22)8-27-21(17)33-3/h4-10,28H,1H2,2-3H3,(H2,25,30)/b16-11+. The monoisotopic (exact) mass is 509 g/mol. The molecule has 0 saturated heterocycles. The summed E-state index contributed by atoms with van der Waals surface area (Å²) in [6.45, 7) is 5.05. The summed E-state index contributed by atoms with van der Waals surface area (Å²) in [6.07, 6.45) is 4.87. The van der Waals surface area contributed by atoms with Gasteiger partial charge in [0, 0.05) is 24.2 Å². The number of pyridine rings is 1. The zero-order valence-electron chi connectivity index (χ0n) is 17.8. The number of amides is 1. The van der Waals surface area contributed by atoms with Gasteiger partial charge in [-0.1, -0.05) is 18.2 Å². The van der Waals surface area contributed by atoms with E-state index in [1.165, 1.54) is 43.7 Å². The summed E-state index contributed by atoms with van der Waals surface area (Å²) in [4.78, 5) is 20.1. The fraction of sp³-hybridized carbons (Fsp3) is 0.0952. The van der Waals surface area contributed by atoms with Crippen LogP contribution in [0.5, 0.6) is 5.88 Å². The third-order valence-corrected chi connectivity index (χ3v) is 6.24. The summed E-state index contributed by atoms with van der Waals surface area (Å²) >= 11 is 5.84. The molecule has 1 aromatic heterocycles. The number of benzene rings is 1. The predicted molar refractivity (Wildman–Crippen MR) is 123 cm³/mol. The van der Waals surface area contributed by atoms with Crippen molar-refractivity contribution in [2.24, 2.45) is 10.7 Å². The molecule has 3 rings (SSSR count). The zero-order chi connectivity index (χ0) is 25.2. The van der Waals surface area contributed by atoms with Gasteiger partial charge in [-0.3, -0.25) is 14.5 Å². The van der Waals surface area contributed by atoms with Gasteiger partial charge in [0.05, 0.1) is 41.0 Å². The molecule has 1 aliphatic rings. The van der Waals surface area contributed by atoms with Gasteiger partial charge in [-0.05, 0) is 25.1 Å². The highest BCUT2D eigenvalue weighted by molar-refractivity contribution is 7.92. The van der Waals surface area contributed by atoms with E-state index in [0.717, 1.165) is 18.2 Å². The Labute approximate surface area is 198 Å². The van der Waals surface area contributed by atoms with Gasteiger partial charge >= 0.3 is 0 Å². The second-order valence-electron chi connectivity index (χ2n) is 6.79. The number of allylic oxidation sites excluding steroid dienone is 1. The molecule has 2 aromatic rings. The maximum atomic E-state index is 15.4. The van der Waals surface area contributed by atoms with Gasteiger partial charge in [0.15, 0.2) is 10.7 Å². The average Bonchev–Trinajstić information content (AvgIpc) is 2.80. The van der Waals surface area contributed by atoms with E-state index in [2.05, 4.69) is 16.6 Å². The lowest BCUT2D eigenvalue weighted by atomic mass is 10.1. The number of halogens is 3. The van der Waals surface area contributed by atoms with E-state index in [4.69, 9.17) is 22.1 Å². The van der Waals surface area contributed by atoms with Crippen LogP contribution in [-0.2, 0) is 14.8 Å². The number of carbonyl (C=O) groups is 1. The first-order chi connectivity index (χ1) is 16.0. The lowest BCUT2D eigenvalue weighted by Crippen LogP contribution is -2.22. The largest absolute Gasteiger partial charge is 0.480 e. The number of aromatic nitrogens is 1. The molecule has 0 spiro atoms. The van der Waals surface area contributed by atoms with E-state index in [9.17, 15) is 17.6 Å². The molecule has 1 aromatic carbocycles. The molecule has 3 N–H and O–H groups in total. The van der Waals surface area contributed by atoms with E-state index in [1.54, 1.807) is 0 Å². The number of nitrogens with zero attached hydrogens (tertiary/aromatic N) is 3. The lowest BCUT2D eigenvalue weighted by Gasteiger charge is -2.23. The zero-order valence-corrected chi connectivity index (χ0v) is 19.4. The van der Waals surface area contributed by atoms with Gasteiger partial charge in [-0.2, -0.15) is 0 Å². The van der Waals surface area contributed by atoms with E-state index in [-0.39, 0.29) is 27.9 Å². The highest BCUT2D eigenvalue weighted by Gasteiger charge is 2.26.